The van der Waals surface area contributed by atoms with Crippen LogP contribution in [0, 0.1) is 0 Å². The number of aliphatic hydroxyl groups excluding tert-OH is 1. The first-order chi connectivity index (χ1) is 13.4. The number of rotatable bonds is 8. The van der Waals surface area contributed by atoms with E-state index in [1.165, 1.54) is 6.42 Å². The smallest absolute Gasteiger partial charge is 0.328 e. The van der Waals surface area contributed by atoms with Crippen LogP contribution in [-0.2, 0) is 14.4 Å². The van der Waals surface area contributed by atoms with Gasteiger partial charge < -0.3 is 20.2 Å². The van der Waals surface area contributed by atoms with Gasteiger partial charge in [0.05, 0.1) is 0 Å². The van der Waals surface area contributed by atoms with Crippen LogP contribution in [0.4, 0.5) is 0 Å². The number of oxime groups is 1. The number of aliphatic hydroxyl groups is 1. The molecule has 1 saturated heterocycles. The molecule has 0 bridgehead atoms. The van der Waals surface area contributed by atoms with Crippen LogP contribution >= 0.6 is 11.6 Å². The van der Waals surface area contributed by atoms with Gasteiger partial charge in [-0.05, 0) is 25.0 Å². The molecule has 28 heavy (non-hydrogen) atoms. The molecule has 154 valence electrons. The maximum atomic E-state index is 10.0. The van der Waals surface area contributed by atoms with Gasteiger partial charge in [0.15, 0.2) is 5.17 Å². The molecule has 1 aromatic heterocycles. The van der Waals surface area contributed by atoms with Crippen LogP contribution in [0.2, 0.25) is 0 Å². The lowest BCUT2D eigenvalue weighted by Gasteiger charge is -2.30. The largest absolute Gasteiger partial charge is 0.478 e. The van der Waals surface area contributed by atoms with Gasteiger partial charge in [-0.25, -0.2) is 9.59 Å². The van der Waals surface area contributed by atoms with E-state index in [0.29, 0.717) is 30.7 Å². The number of hydrogen-bond acceptors (Lipinski definition) is 7. The number of carbonyl (C=O) groups is 2. The van der Waals surface area contributed by atoms with Crippen LogP contribution in [0.5, 0.6) is 0 Å². The molecule has 1 aliphatic heterocycles. The number of carboxylic acid groups (broad SMARTS) is 2. The van der Waals surface area contributed by atoms with Crippen LogP contribution in [0.1, 0.15) is 31.2 Å². The van der Waals surface area contributed by atoms with E-state index in [4.69, 9.17) is 26.7 Å². The normalized spacial score (nSPS) is 16.1. The van der Waals surface area contributed by atoms with Crippen LogP contribution in [0.25, 0.3) is 0 Å². The number of aliphatic carboxylic acids is 2. The average molecular weight is 414 g/mol. The van der Waals surface area contributed by atoms with Gasteiger partial charge in [-0.15, -0.1) is 0 Å². The van der Waals surface area contributed by atoms with Crippen molar-refractivity contribution in [1.29, 1.82) is 0 Å². The van der Waals surface area contributed by atoms with Gasteiger partial charge in [-0.2, -0.15) is 0 Å². The monoisotopic (exact) mass is 413 g/mol. The fourth-order valence-corrected chi connectivity index (χ4v) is 2.50. The number of piperidine rings is 1. The zero-order valence-electron chi connectivity index (χ0n) is 15.3. The Morgan fingerprint density at radius 3 is 2.43 bits per heavy atom. The molecule has 1 fully saturated rings. The van der Waals surface area contributed by atoms with E-state index < -0.39 is 18.2 Å². The van der Waals surface area contributed by atoms with Crippen LogP contribution in [-0.4, -0.2) is 68.2 Å². The first-order valence-corrected chi connectivity index (χ1v) is 9.10. The number of aromatic nitrogens is 1. The predicted molar refractivity (Wildman–Crippen MR) is 103 cm³/mol. The molecule has 3 N–H and O–H groups in total. The SMILES string of the molecule is O=C(O)C=CC(=O)O.OC(CCON=C(Cl)c1cccnc1)N1CCCCC1. The molecule has 0 amide bonds. The molecule has 10 heteroatoms. The first-order valence-electron chi connectivity index (χ1n) is 8.72. The summed E-state index contributed by atoms with van der Waals surface area (Å²) in [4.78, 5) is 30.3. The molecule has 0 aliphatic carbocycles. The number of carboxylic acids is 2. The molecular weight excluding hydrogens is 390 g/mol. The second-order valence-electron chi connectivity index (χ2n) is 5.83. The third-order valence-corrected chi connectivity index (χ3v) is 3.98. The summed E-state index contributed by atoms with van der Waals surface area (Å²) in [5.41, 5.74) is 0.714. The lowest BCUT2D eigenvalue weighted by atomic mass is 10.1. The Kier molecular flexibility index (Phi) is 11.5. The highest BCUT2D eigenvalue weighted by molar-refractivity contribution is 6.69. The minimum Gasteiger partial charge on any atom is -0.478 e. The van der Waals surface area contributed by atoms with Crippen molar-refractivity contribution in [1.82, 2.24) is 9.88 Å². The summed E-state index contributed by atoms with van der Waals surface area (Å²) in [6.45, 7) is 2.26. The molecule has 1 aromatic rings. The molecule has 2 heterocycles. The second-order valence-corrected chi connectivity index (χ2v) is 6.19. The van der Waals surface area contributed by atoms with Gasteiger partial charge in [0.2, 0.25) is 0 Å². The minimum absolute atomic E-state index is 0.269. The van der Waals surface area contributed by atoms with Gasteiger partial charge >= 0.3 is 11.9 Å². The highest BCUT2D eigenvalue weighted by Crippen LogP contribution is 2.12. The molecule has 9 nitrogen and oxygen atoms in total. The summed E-state index contributed by atoms with van der Waals surface area (Å²) >= 11 is 5.98. The Morgan fingerprint density at radius 2 is 1.89 bits per heavy atom. The topological polar surface area (TPSA) is 133 Å². The predicted octanol–water partition coefficient (Wildman–Crippen LogP) is 1.90. The van der Waals surface area contributed by atoms with Crippen molar-refractivity contribution in [3.05, 3.63) is 42.2 Å². The van der Waals surface area contributed by atoms with Crippen molar-refractivity contribution in [2.24, 2.45) is 5.16 Å². The van der Waals surface area contributed by atoms with E-state index in [-0.39, 0.29) is 5.17 Å². The molecule has 0 radical (unpaired) electrons. The minimum atomic E-state index is -1.26. The van der Waals surface area contributed by atoms with Gasteiger partial charge in [-0.1, -0.05) is 23.2 Å². The quantitative estimate of drug-likeness (QED) is 0.255. The van der Waals surface area contributed by atoms with E-state index in [1.807, 2.05) is 6.07 Å². The number of halogens is 1. The number of hydrogen-bond donors (Lipinski definition) is 3. The fourth-order valence-electron chi connectivity index (χ4n) is 2.34. The molecule has 1 aliphatic rings. The number of likely N-dealkylation sites (tertiary alicyclic amines) is 1. The Hall–Kier alpha value is -2.49. The lowest BCUT2D eigenvalue weighted by molar-refractivity contribution is -0.134. The summed E-state index contributed by atoms with van der Waals surface area (Å²) < 4.78 is 0. The van der Waals surface area contributed by atoms with E-state index in [2.05, 4.69) is 15.0 Å². The molecule has 1 unspecified atom stereocenters. The second kappa shape index (κ2) is 13.6. The standard InChI is InChI=1S/C14H20ClN3O2.C4H4O4/c15-14(12-5-4-7-16-11-12)17-20-10-6-13(19)18-8-2-1-3-9-18;5-3(6)1-2-4(7)8/h4-5,7,11,13,19H,1-3,6,8-10H2;1-2H,(H,5,6)(H,7,8). The summed E-state index contributed by atoms with van der Waals surface area (Å²) in [5, 5.41) is 29.7. The van der Waals surface area contributed by atoms with Gasteiger partial charge in [0.1, 0.15) is 12.8 Å². The molecule has 2 rings (SSSR count). The van der Waals surface area contributed by atoms with Gasteiger partial charge in [-0.3, -0.25) is 9.88 Å². The third kappa shape index (κ3) is 10.6. The zero-order chi connectivity index (χ0) is 20.8. The summed E-state index contributed by atoms with van der Waals surface area (Å²) in [7, 11) is 0. The number of nitrogens with zero attached hydrogens (tertiary/aromatic N) is 3. The van der Waals surface area contributed by atoms with Crippen LogP contribution in [0.3, 0.4) is 0 Å². The molecule has 0 spiro atoms. The summed E-state index contributed by atoms with van der Waals surface area (Å²) in [6, 6.07) is 3.60. The van der Waals surface area contributed by atoms with E-state index in [0.717, 1.165) is 25.9 Å². The van der Waals surface area contributed by atoms with Crippen molar-refractivity contribution in [2.45, 2.75) is 31.9 Å². The highest BCUT2D eigenvalue weighted by atomic mass is 35.5. The first kappa shape index (κ1) is 23.5. The van der Waals surface area contributed by atoms with Crippen molar-refractivity contribution >= 4 is 28.7 Å². The molecular formula is C18H24ClN3O6. The molecule has 0 saturated carbocycles. The zero-order valence-corrected chi connectivity index (χ0v) is 16.0. The Balaban J connectivity index is 0.000000416. The fraction of sp³-hybridized carbons (Fsp3) is 0.444. The maximum absolute atomic E-state index is 10.0. The molecule has 1 atom stereocenters. The van der Waals surface area contributed by atoms with E-state index >= 15 is 0 Å². The lowest BCUT2D eigenvalue weighted by Crippen LogP contribution is -2.39. The van der Waals surface area contributed by atoms with Gasteiger partial charge in [0.25, 0.3) is 0 Å². The Bertz CT molecular complexity index is 647. The van der Waals surface area contributed by atoms with Crippen molar-refractivity contribution in [3.8, 4) is 0 Å². The third-order valence-electron chi connectivity index (χ3n) is 3.69. The summed E-state index contributed by atoms with van der Waals surface area (Å²) in [5.74, 6) is -2.51. The van der Waals surface area contributed by atoms with Gasteiger partial charge in [0, 0.05) is 49.6 Å². The van der Waals surface area contributed by atoms with Crippen LogP contribution in [0.15, 0.2) is 41.8 Å². The Morgan fingerprint density at radius 1 is 1.25 bits per heavy atom. The molecule has 0 aromatic carbocycles. The van der Waals surface area contributed by atoms with Crippen molar-refractivity contribution < 1.29 is 29.7 Å². The maximum Gasteiger partial charge on any atom is 0.328 e. The average Bonchev–Trinajstić information content (AvgIpc) is 2.71. The van der Waals surface area contributed by atoms with Crippen LogP contribution < -0.4 is 0 Å². The van der Waals surface area contributed by atoms with E-state index in [1.54, 1.807) is 18.5 Å². The van der Waals surface area contributed by atoms with Crippen molar-refractivity contribution in [3.63, 3.8) is 0 Å². The Labute approximate surface area is 167 Å². The summed E-state index contributed by atoms with van der Waals surface area (Å²) in [6.07, 6.45) is 8.05. The van der Waals surface area contributed by atoms with Crippen molar-refractivity contribution in [2.75, 3.05) is 19.7 Å². The highest BCUT2D eigenvalue weighted by Gasteiger charge is 2.17. The van der Waals surface area contributed by atoms with E-state index in [9.17, 15) is 14.7 Å². The number of pyridine rings is 1.